The summed E-state index contributed by atoms with van der Waals surface area (Å²) in [6.07, 6.45) is 1.63. The fourth-order valence-electron chi connectivity index (χ4n) is 3.41. The summed E-state index contributed by atoms with van der Waals surface area (Å²) >= 11 is 1.31. The van der Waals surface area contributed by atoms with E-state index in [-0.39, 0.29) is 11.4 Å². The quantitative estimate of drug-likeness (QED) is 0.246. The lowest BCUT2D eigenvalue weighted by Crippen LogP contribution is -2.16. The number of rotatable bonds is 7. The number of hydrogen-bond acceptors (Lipinski definition) is 4. The van der Waals surface area contributed by atoms with Crippen LogP contribution in [-0.4, -0.2) is 9.49 Å². The van der Waals surface area contributed by atoms with Crippen LogP contribution < -0.4 is 4.80 Å². The third-order valence-corrected chi connectivity index (χ3v) is 5.83. The number of aromatic nitrogens is 1. The summed E-state index contributed by atoms with van der Waals surface area (Å²) in [4.78, 5) is 15.7. The fourth-order valence-corrected chi connectivity index (χ4v) is 4.35. The minimum absolute atomic E-state index is 0.00685. The monoisotopic (exact) mass is 451 g/mol. The van der Waals surface area contributed by atoms with E-state index in [0.717, 1.165) is 30.7 Å². The van der Waals surface area contributed by atoms with Crippen LogP contribution in [0.5, 0.6) is 0 Å². The first kappa shape index (κ1) is 21.6. The molecule has 0 amide bonds. The zero-order valence-electron chi connectivity index (χ0n) is 16.9. The number of non-ortho nitro benzene ring substituents is 1. The predicted molar refractivity (Wildman–Crippen MR) is 121 cm³/mol. The lowest BCUT2D eigenvalue weighted by molar-refractivity contribution is -0.384. The topological polar surface area (TPSA) is 60.4 Å². The molecule has 0 saturated carbocycles. The van der Waals surface area contributed by atoms with Crippen molar-refractivity contribution >= 4 is 22.7 Å². The maximum Gasteiger partial charge on any atom is 0.270 e. The number of thiazole rings is 1. The number of nitro benzene ring substituents is 1. The van der Waals surface area contributed by atoms with Crippen LogP contribution in [0.1, 0.15) is 12.0 Å². The summed E-state index contributed by atoms with van der Waals surface area (Å²) in [6.45, 7) is 0.581. The first-order valence-corrected chi connectivity index (χ1v) is 10.9. The Labute approximate surface area is 187 Å². The van der Waals surface area contributed by atoms with Gasteiger partial charge >= 0.3 is 0 Å². The number of nitro groups is 1. The van der Waals surface area contributed by atoms with Gasteiger partial charge in [-0.05, 0) is 30.5 Å². The standard InChI is InChI=1S/C24H19F2N3O2S/c25-19-11-12-22(21(26)15-19)27-24-28(13-5-8-17-6-2-1-3-7-17)23(16-32-24)18-9-4-10-20(14-18)29(30)31/h1-4,6-7,9-12,14-16H,5,8,13H2. The van der Waals surface area contributed by atoms with E-state index in [0.29, 0.717) is 16.9 Å². The van der Waals surface area contributed by atoms with Gasteiger partial charge in [0.1, 0.15) is 11.5 Å². The van der Waals surface area contributed by atoms with Crippen molar-refractivity contribution in [2.45, 2.75) is 19.4 Å². The molecule has 0 aliphatic carbocycles. The van der Waals surface area contributed by atoms with E-state index in [1.807, 2.05) is 28.1 Å². The van der Waals surface area contributed by atoms with Crippen molar-refractivity contribution < 1.29 is 13.7 Å². The van der Waals surface area contributed by atoms with Gasteiger partial charge in [-0.15, -0.1) is 11.3 Å². The molecule has 0 N–H and O–H groups in total. The second-order valence-electron chi connectivity index (χ2n) is 7.16. The second-order valence-corrected chi connectivity index (χ2v) is 8.00. The van der Waals surface area contributed by atoms with Gasteiger partial charge in [0.25, 0.3) is 5.69 Å². The second kappa shape index (κ2) is 9.65. The number of aryl methyl sites for hydroxylation is 1. The van der Waals surface area contributed by atoms with Gasteiger partial charge in [-0.2, -0.15) is 0 Å². The number of halogens is 2. The highest BCUT2D eigenvalue weighted by Gasteiger charge is 2.13. The van der Waals surface area contributed by atoms with Crippen LogP contribution in [0.4, 0.5) is 20.2 Å². The number of benzene rings is 3. The maximum atomic E-state index is 14.2. The molecule has 0 saturated heterocycles. The lowest BCUT2D eigenvalue weighted by Gasteiger charge is -2.10. The average molecular weight is 451 g/mol. The summed E-state index contributed by atoms with van der Waals surface area (Å²) in [7, 11) is 0. The van der Waals surface area contributed by atoms with E-state index in [9.17, 15) is 18.9 Å². The molecule has 162 valence electrons. The largest absolute Gasteiger partial charge is 0.316 e. The first-order valence-electron chi connectivity index (χ1n) is 9.98. The Bertz CT molecular complexity index is 1320. The van der Waals surface area contributed by atoms with Crippen molar-refractivity contribution in [3.8, 4) is 11.3 Å². The average Bonchev–Trinajstić information content (AvgIpc) is 3.19. The SMILES string of the molecule is O=[N+]([O-])c1cccc(-c2csc(=Nc3ccc(F)cc3F)n2CCCc2ccccc2)c1. The van der Waals surface area contributed by atoms with Crippen LogP contribution in [-0.2, 0) is 13.0 Å². The molecule has 0 spiro atoms. The van der Waals surface area contributed by atoms with E-state index in [2.05, 4.69) is 17.1 Å². The van der Waals surface area contributed by atoms with Crippen molar-refractivity contribution in [1.82, 2.24) is 4.57 Å². The van der Waals surface area contributed by atoms with Crippen LogP contribution in [0.25, 0.3) is 11.3 Å². The summed E-state index contributed by atoms with van der Waals surface area (Å²) < 4.78 is 29.4. The molecule has 32 heavy (non-hydrogen) atoms. The van der Waals surface area contributed by atoms with Gasteiger partial charge in [-0.3, -0.25) is 10.1 Å². The van der Waals surface area contributed by atoms with E-state index in [1.165, 1.54) is 35.1 Å². The van der Waals surface area contributed by atoms with Gasteiger partial charge in [-0.25, -0.2) is 13.8 Å². The van der Waals surface area contributed by atoms with Gasteiger partial charge in [0, 0.05) is 35.7 Å². The molecule has 3 aromatic carbocycles. The normalized spacial score (nSPS) is 11.6. The Kier molecular flexibility index (Phi) is 6.51. The van der Waals surface area contributed by atoms with Crippen LogP contribution in [0, 0.1) is 21.7 Å². The van der Waals surface area contributed by atoms with Crippen molar-refractivity contribution in [3.05, 3.63) is 110 Å². The fraction of sp³-hybridized carbons (Fsp3) is 0.125. The van der Waals surface area contributed by atoms with Crippen LogP contribution in [0.15, 0.2) is 83.2 Å². The van der Waals surface area contributed by atoms with Crippen molar-refractivity contribution in [3.63, 3.8) is 0 Å². The van der Waals surface area contributed by atoms with Gasteiger partial charge < -0.3 is 4.57 Å². The molecule has 0 aliphatic rings. The number of nitrogens with zero attached hydrogens (tertiary/aromatic N) is 3. The highest BCUT2D eigenvalue weighted by atomic mass is 32.1. The smallest absolute Gasteiger partial charge is 0.270 e. The van der Waals surface area contributed by atoms with Crippen molar-refractivity contribution in [1.29, 1.82) is 0 Å². The Balaban J connectivity index is 1.74. The summed E-state index contributed by atoms with van der Waals surface area (Å²) in [5, 5.41) is 13.1. The van der Waals surface area contributed by atoms with Crippen LogP contribution >= 0.6 is 11.3 Å². The predicted octanol–water partition coefficient (Wildman–Crippen LogP) is 6.27. The Hall–Kier alpha value is -3.65. The molecule has 0 bridgehead atoms. The van der Waals surface area contributed by atoms with Crippen LogP contribution in [0.2, 0.25) is 0 Å². The highest BCUT2D eigenvalue weighted by Crippen LogP contribution is 2.26. The van der Waals surface area contributed by atoms with E-state index < -0.39 is 16.6 Å². The van der Waals surface area contributed by atoms with E-state index in [4.69, 9.17) is 0 Å². The van der Waals surface area contributed by atoms with Gasteiger partial charge in [-0.1, -0.05) is 42.5 Å². The molecule has 4 aromatic rings. The molecular weight excluding hydrogens is 432 g/mol. The zero-order valence-corrected chi connectivity index (χ0v) is 17.8. The van der Waals surface area contributed by atoms with E-state index >= 15 is 0 Å². The van der Waals surface area contributed by atoms with E-state index in [1.54, 1.807) is 12.1 Å². The first-order chi connectivity index (χ1) is 15.5. The minimum atomic E-state index is -0.744. The Morgan fingerprint density at radius 2 is 1.81 bits per heavy atom. The molecule has 8 heteroatoms. The molecule has 4 rings (SSSR count). The maximum absolute atomic E-state index is 14.2. The molecule has 5 nitrogen and oxygen atoms in total. The molecule has 0 fully saturated rings. The molecule has 0 radical (unpaired) electrons. The van der Waals surface area contributed by atoms with Crippen molar-refractivity contribution in [2.24, 2.45) is 4.99 Å². The molecule has 0 atom stereocenters. The summed E-state index contributed by atoms with van der Waals surface area (Å²) in [5.41, 5.74) is 2.66. The van der Waals surface area contributed by atoms with Crippen LogP contribution in [0.3, 0.4) is 0 Å². The summed E-state index contributed by atoms with van der Waals surface area (Å²) in [6, 6.07) is 19.7. The zero-order chi connectivity index (χ0) is 22.5. The molecule has 1 heterocycles. The Morgan fingerprint density at radius 1 is 1.00 bits per heavy atom. The van der Waals surface area contributed by atoms with Gasteiger partial charge in [0.15, 0.2) is 10.6 Å². The molecule has 0 aliphatic heterocycles. The highest BCUT2D eigenvalue weighted by molar-refractivity contribution is 7.07. The molecule has 0 unspecified atom stereocenters. The Morgan fingerprint density at radius 3 is 2.56 bits per heavy atom. The minimum Gasteiger partial charge on any atom is -0.316 e. The van der Waals surface area contributed by atoms with Gasteiger partial charge in [0.2, 0.25) is 0 Å². The third kappa shape index (κ3) is 4.97. The third-order valence-electron chi connectivity index (χ3n) is 4.97. The summed E-state index contributed by atoms with van der Waals surface area (Å²) in [5.74, 6) is -1.41. The lowest BCUT2D eigenvalue weighted by atomic mass is 10.1. The number of hydrogen-bond donors (Lipinski definition) is 0. The molecular formula is C24H19F2N3O2S. The molecule has 1 aromatic heterocycles. The van der Waals surface area contributed by atoms with Gasteiger partial charge in [0.05, 0.1) is 10.6 Å². The van der Waals surface area contributed by atoms with Crippen molar-refractivity contribution in [2.75, 3.05) is 0 Å².